The summed E-state index contributed by atoms with van der Waals surface area (Å²) in [4.78, 5) is 17.4. The van der Waals surface area contributed by atoms with Gasteiger partial charge in [-0.25, -0.2) is 18.9 Å². The predicted molar refractivity (Wildman–Crippen MR) is 149 cm³/mol. The van der Waals surface area contributed by atoms with Crippen LogP contribution < -0.4 is 4.74 Å². The van der Waals surface area contributed by atoms with Crippen molar-refractivity contribution < 1.29 is 32.2 Å². The maximum absolute atomic E-state index is 14.5. The van der Waals surface area contributed by atoms with Crippen LogP contribution in [-0.2, 0) is 6.61 Å². The molecular formula is C30H27ClF4N4O3. The molecule has 0 spiro atoms. The minimum Gasteiger partial charge on any atom is -0.487 e. The fourth-order valence-electron chi connectivity index (χ4n) is 5.16. The maximum Gasteiger partial charge on any atom is 0.401 e. The van der Waals surface area contributed by atoms with Gasteiger partial charge >= 0.3 is 12.1 Å². The van der Waals surface area contributed by atoms with E-state index in [1.807, 2.05) is 24.3 Å². The number of hydrogen-bond acceptors (Lipinski definition) is 5. The standard InChI is InChI=1S/C30H27ClF4N4O3/c1-18-24(29(40)41)15-36-39(18)27-4-2-3-26(37-27)23-13-22(32)14-25(31)28(23)42-16-19-5-7-20(8-6-19)21-9-11-38(12-10-21)17-30(33,34)35/h2-8,13-15,21H,9-12,16-17H2,1H3,(H,40,41). The van der Waals surface area contributed by atoms with Gasteiger partial charge in [0.1, 0.15) is 23.7 Å². The lowest BCUT2D eigenvalue weighted by molar-refractivity contribution is -0.147. The van der Waals surface area contributed by atoms with Gasteiger partial charge in [0.25, 0.3) is 0 Å². The highest BCUT2D eigenvalue weighted by Gasteiger charge is 2.32. The number of hydrogen-bond donors (Lipinski definition) is 1. The van der Waals surface area contributed by atoms with E-state index in [1.165, 1.54) is 21.8 Å². The third-order valence-corrected chi connectivity index (χ3v) is 7.58. The van der Waals surface area contributed by atoms with Crippen LogP contribution in [0.5, 0.6) is 5.75 Å². The number of aromatic nitrogens is 3. The Morgan fingerprint density at radius 2 is 1.83 bits per heavy atom. The number of pyridine rings is 1. The average molecular weight is 603 g/mol. The van der Waals surface area contributed by atoms with Gasteiger partial charge in [-0.05, 0) is 74.2 Å². The minimum absolute atomic E-state index is 0.0398. The van der Waals surface area contributed by atoms with Crippen molar-refractivity contribution in [2.24, 2.45) is 0 Å². The molecule has 3 heterocycles. The molecule has 0 atom stereocenters. The van der Waals surface area contributed by atoms with Crippen LogP contribution in [0.3, 0.4) is 0 Å². The topological polar surface area (TPSA) is 80.5 Å². The van der Waals surface area contributed by atoms with E-state index in [9.17, 15) is 27.5 Å². The normalized spacial score (nSPS) is 14.7. The Labute approximate surface area is 244 Å². The van der Waals surface area contributed by atoms with E-state index < -0.39 is 24.5 Å². The number of piperidine rings is 1. The summed E-state index contributed by atoms with van der Waals surface area (Å²) in [6.07, 6.45) is -1.64. The summed E-state index contributed by atoms with van der Waals surface area (Å²) in [7, 11) is 0. The molecule has 4 aromatic rings. The van der Waals surface area contributed by atoms with Gasteiger partial charge in [0.05, 0.1) is 29.2 Å². The number of carboxylic acids is 1. The van der Waals surface area contributed by atoms with E-state index in [1.54, 1.807) is 25.1 Å². The summed E-state index contributed by atoms with van der Waals surface area (Å²) in [6.45, 7) is 1.66. The molecule has 1 fully saturated rings. The summed E-state index contributed by atoms with van der Waals surface area (Å²) < 4.78 is 60.0. The first-order chi connectivity index (χ1) is 20.0. The van der Waals surface area contributed by atoms with Crippen molar-refractivity contribution in [2.45, 2.75) is 38.5 Å². The van der Waals surface area contributed by atoms with E-state index >= 15 is 0 Å². The number of carbonyl (C=O) groups is 1. The maximum atomic E-state index is 14.5. The minimum atomic E-state index is -4.19. The van der Waals surface area contributed by atoms with Gasteiger partial charge in [-0.3, -0.25) is 4.90 Å². The molecule has 12 heteroatoms. The van der Waals surface area contributed by atoms with Gasteiger partial charge < -0.3 is 9.84 Å². The monoisotopic (exact) mass is 602 g/mol. The number of carboxylic acid groups (broad SMARTS) is 1. The Kier molecular flexibility index (Phi) is 8.51. The Bertz CT molecular complexity index is 1580. The zero-order chi connectivity index (χ0) is 30.0. The molecule has 1 aliphatic heterocycles. The second-order valence-corrected chi connectivity index (χ2v) is 10.6. The molecule has 0 unspecified atom stereocenters. The van der Waals surface area contributed by atoms with Gasteiger partial charge in [-0.1, -0.05) is 41.9 Å². The lowest BCUT2D eigenvalue weighted by Crippen LogP contribution is -2.39. The van der Waals surface area contributed by atoms with Crippen LogP contribution in [0.2, 0.25) is 5.02 Å². The summed E-state index contributed by atoms with van der Waals surface area (Å²) in [5.41, 5.74) is 2.98. The van der Waals surface area contributed by atoms with E-state index in [4.69, 9.17) is 16.3 Å². The number of ether oxygens (including phenoxy) is 1. The fourth-order valence-corrected chi connectivity index (χ4v) is 5.42. The Morgan fingerprint density at radius 3 is 2.48 bits per heavy atom. The van der Waals surface area contributed by atoms with Crippen LogP contribution in [0.4, 0.5) is 17.6 Å². The molecule has 42 heavy (non-hydrogen) atoms. The highest BCUT2D eigenvalue weighted by atomic mass is 35.5. The van der Waals surface area contributed by atoms with Crippen molar-refractivity contribution in [1.82, 2.24) is 19.7 Å². The number of aromatic carboxylic acids is 1. The molecule has 2 aromatic heterocycles. The average Bonchev–Trinajstić information content (AvgIpc) is 3.34. The van der Waals surface area contributed by atoms with Crippen molar-refractivity contribution in [2.75, 3.05) is 19.6 Å². The Balaban J connectivity index is 1.31. The smallest absolute Gasteiger partial charge is 0.401 e. The third kappa shape index (κ3) is 6.74. The van der Waals surface area contributed by atoms with Crippen LogP contribution in [0.25, 0.3) is 17.1 Å². The van der Waals surface area contributed by atoms with Crippen molar-refractivity contribution in [3.8, 4) is 22.8 Å². The fraction of sp³-hybridized carbons (Fsp3) is 0.300. The first-order valence-electron chi connectivity index (χ1n) is 13.2. The highest BCUT2D eigenvalue weighted by molar-refractivity contribution is 6.32. The summed E-state index contributed by atoms with van der Waals surface area (Å²) in [5, 5.41) is 13.5. The molecule has 0 saturated carbocycles. The SMILES string of the molecule is Cc1c(C(=O)O)cnn1-c1cccc(-c2cc(F)cc(Cl)c2OCc2ccc(C3CCN(CC(F)(F)F)CC3)cc2)n1. The van der Waals surface area contributed by atoms with Gasteiger partial charge in [0.2, 0.25) is 0 Å². The Morgan fingerprint density at radius 1 is 1.12 bits per heavy atom. The molecule has 2 aromatic carbocycles. The summed E-state index contributed by atoms with van der Waals surface area (Å²) in [6, 6.07) is 15.1. The van der Waals surface area contributed by atoms with Crippen LogP contribution >= 0.6 is 11.6 Å². The number of rotatable bonds is 8. The van der Waals surface area contributed by atoms with Gasteiger partial charge in [0, 0.05) is 5.56 Å². The van der Waals surface area contributed by atoms with Crippen LogP contribution in [0, 0.1) is 12.7 Å². The second-order valence-electron chi connectivity index (χ2n) is 10.2. The zero-order valence-electron chi connectivity index (χ0n) is 22.5. The molecule has 0 bridgehead atoms. The van der Waals surface area contributed by atoms with E-state index in [0.29, 0.717) is 48.7 Å². The lowest BCUT2D eigenvalue weighted by atomic mass is 9.89. The largest absolute Gasteiger partial charge is 0.487 e. The molecule has 0 amide bonds. The highest BCUT2D eigenvalue weighted by Crippen LogP contribution is 2.38. The van der Waals surface area contributed by atoms with Gasteiger partial charge in [-0.15, -0.1) is 0 Å². The van der Waals surface area contributed by atoms with Gasteiger partial charge in [0.15, 0.2) is 5.82 Å². The molecule has 1 N–H and O–H groups in total. The molecule has 0 aliphatic carbocycles. The molecule has 220 valence electrons. The van der Waals surface area contributed by atoms with Gasteiger partial charge in [-0.2, -0.15) is 18.3 Å². The second kappa shape index (κ2) is 12.1. The van der Waals surface area contributed by atoms with Crippen LogP contribution in [0.1, 0.15) is 45.9 Å². The number of nitrogens with zero attached hydrogens (tertiary/aromatic N) is 4. The zero-order valence-corrected chi connectivity index (χ0v) is 23.3. The third-order valence-electron chi connectivity index (χ3n) is 7.30. The van der Waals surface area contributed by atoms with Crippen molar-refractivity contribution in [3.05, 3.63) is 94.0 Å². The molecule has 1 saturated heterocycles. The number of halogens is 5. The van der Waals surface area contributed by atoms with Crippen molar-refractivity contribution in [1.29, 1.82) is 0 Å². The van der Waals surface area contributed by atoms with Crippen LogP contribution in [-0.4, -0.2) is 56.6 Å². The molecule has 7 nitrogen and oxygen atoms in total. The first kappa shape index (κ1) is 29.5. The summed E-state index contributed by atoms with van der Waals surface area (Å²) >= 11 is 6.40. The molecule has 1 aliphatic rings. The number of likely N-dealkylation sites (tertiary alicyclic amines) is 1. The van der Waals surface area contributed by atoms with E-state index in [2.05, 4.69) is 10.1 Å². The van der Waals surface area contributed by atoms with Crippen molar-refractivity contribution in [3.63, 3.8) is 0 Å². The lowest BCUT2D eigenvalue weighted by Gasteiger charge is -2.32. The predicted octanol–water partition coefficient (Wildman–Crippen LogP) is 7.05. The number of benzene rings is 2. The first-order valence-corrected chi connectivity index (χ1v) is 13.6. The summed E-state index contributed by atoms with van der Waals surface area (Å²) in [5.74, 6) is -0.938. The molecule has 0 radical (unpaired) electrons. The molecular weight excluding hydrogens is 576 g/mol. The molecule has 5 rings (SSSR count). The number of alkyl halides is 3. The van der Waals surface area contributed by atoms with Crippen LogP contribution in [0.15, 0.2) is 60.8 Å². The van der Waals surface area contributed by atoms with E-state index in [-0.39, 0.29) is 28.9 Å². The Hall–Kier alpha value is -3.96. The quantitative estimate of drug-likeness (QED) is 0.218. The van der Waals surface area contributed by atoms with Crippen molar-refractivity contribution >= 4 is 17.6 Å². The van der Waals surface area contributed by atoms with E-state index in [0.717, 1.165) is 17.2 Å².